The molecule has 1 fully saturated rings. The van der Waals surface area contributed by atoms with Crippen molar-refractivity contribution in [1.82, 2.24) is 4.90 Å². The Morgan fingerprint density at radius 3 is 2.46 bits per heavy atom. The molecule has 2 aromatic carbocycles. The van der Waals surface area contributed by atoms with Crippen LogP contribution < -0.4 is 4.90 Å². The topological polar surface area (TPSA) is 47.3 Å². The maximum absolute atomic E-state index is 13.3. The molecule has 1 atom stereocenters. The maximum atomic E-state index is 13.3. The molecule has 2 aliphatic heterocycles. The highest BCUT2D eigenvalue weighted by atomic mass is 35.5. The molecule has 0 radical (unpaired) electrons. The normalized spacial score (nSPS) is 19.5. The Morgan fingerprint density at radius 2 is 1.82 bits per heavy atom. The summed E-state index contributed by atoms with van der Waals surface area (Å²) in [6, 6.07) is 13.5. The molecule has 142 valence electrons. The van der Waals surface area contributed by atoms with Gasteiger partial charge in [0.25, 0.3) is 0 Å². The van der Waals surface area contributed by atoms with E-state index in [4.69, 9.17) is 23.2 Å². The maximum Gasteiger partial charge on any atom is 0.229 e. The zero-order valence-electron chi connectivity index (χ0n) is 14.5. The first kappa shape index (κ1) is 19.1. The molecule has 2 aromatic rings. The van der Waals surface area contributed by atoms with Crippen LogP contribution in [0, 0.1) is 17.1 Å². The molecular weight excluding hydrogens is 420 g/mol. The van der Waals surface area contributed by atoms with E-state index in [0.29, 0.717) is 33.2 Å². The largest absolute Gasteiger partial charge is 0.344 e. The molecule has 0 bridgehead atoms. The predicted octanol–water partition coefficient (Wildman–Crippen LogP) is 5.35. The second kappa shape index (κ2) is 7.67. The molecule has 2 heterocycles. The number of anilines is 1. The first-order valence-corrected chi connectivity index (χ1v) is 10.2. The molecule has 0 unspecified atom stereocenters. The van der Waals surface area contributed by atoms with E-state index >= 15 is 0 Å². The number of nitriles is 1. The van der Waals surface area contributed by atoms with Crippen molar-refractivity contribution < 1.29 is 9.18 Å². The summed E-state index contributed by atoms with van der Waals surface area (Å²) in [5, 5.41) is 11.5. The van der Waals surface area contributed by atoms with E-state index in [1.807, 2.05) is 4.90 Å². The number of amides is 1. The van der Waals surface area contributed by atoms with Gasteiger partial charge in [0.15, 0.2) is 0 Å². The summed E-state index contributed by atoms with van der Waals surface area (Å²) < 4.78 is 13.3. The van der Waals surface area contributed by atoms with E-state index in [1.165, 1.54) is 23.9 Å². The molecule has 0 spiro atoms. The van der Waals surface area contributed by atoms with E-state index in [0.717, 1.165) is 11.3 Å². The van der Waals surface area contributed by atoms with Crippen molar-refractivity contribution in [2.45, 2.75) is 12.3 Å². The van der Waals surface area contributed by atoms with Gasteiger partial charge in [0.1, 0.15) is 5.82 Å². The van der Waals surface area contributed by atoms with E-state index in [-0.39, 0.29) is 24.1 Å². The van der Waals surface area contributed by atoms with Crippen molar-refractivity contribution in [3.05, 3.63) is 74.5 Å². The van der Waals surface area contributed by atoms with Gasteiger partial charge in [-0.15, -0.1) is 0 Å². The Morgan fingerprint density at radius 1 is 1.14 bits per heavy atom. The van der Waals surface area contributed by atoms with Gasteiger partial charge in [0.05, 0.1) is 29.2 Å². The number of thioether (sulfide) groups is 1. The number of carbonyl (C=O) groups is 1. The summed E-state index contributed by atoms with van der Waals surface area (Å²) in [7, 11) is 0. The molecule has 1 amide bonds. The van der Waals surface area contributed by atoms with Crippen LogP contribution in [0.4, 0.5) is 10.1 Å². The van der Waals surface area contributed by atoms with Crippen molar-refractivity contribution in [2.75, 3.05) is 17.4 Å². The minimum absolute atomic E-state index is 0.0753. The molecule has 0 N–H and O–H groups in total. The molecule has 1 saturated heterocycles. The number of allylic oxidation sites excluding steroid dienone is 1. The smallest absolute Gasteiger partial charge is 0.229 e. The Bertz CT molecular complexity index is 999. The Kier molecular flexibility index (Phi) is 5.24. The summed E-state index contributed by atoms with van der Waals surface area (Å²) in [5.74, 6) is -0.226. The molecule has 0 aromatic heterocycles. The lowest BCUT2D eigenvalue weighted by atomic mass is 9.86. The van der Waals surface area contributed by atoms with Gasteiger partial charge < -0.3 is 4.90 Å². The van der Waals surface area contributed by atoms with Crippen molar-refractivity contribution in [1.29, 1.82) is 5.26 Å². The molecule has 4 nitrogen and oxygen atoms in total. The Balaban J connectivity index is 1.67. The fourth-order valence-corrected chi connectivity index (χ4v) is 5.11. The predicted molar refractivity (Wildman–Crippen MR) is 110 cm³/mol. The van der Waals surface area contributed by atoms with Crippen LogP contribution in [0.15, 0.2) is 53.1 Å². The van der Waals surface area contributed by atoms with Gasteiger partial charge in [-0.2, -0.15) is 5.26 Å². The monoisotopic (exact) mass is 433 g/mol. The van der Waals surface area contributed by atoms with E-state index in [2.05, 4.69) is 6.07 Å². The van der Waals surface area contributed by atoms with Gasteiger partial charge >= 0.3 is 0 Å². The van der Waals surface area contributed by atoms with Gasteiger partial charge in [-0.3, -0.25) is 9.69 Å². The summed E-state index contributed by atoms with van der Waals surface area (Å²) >= 11 is 13.6. The number of hydrogen-bond acceptors (Lipinski definition) is 4. The van der Waals surface area contributed by atoms with Crippen LogP contribution >= 0.6 is 35.0 Å². The summed E-state index contributed by atoms with van der Waals surface area (Å²) in [4.78, 5) is 16.5. The van der Waals surface area contributed by atoms with Crippen LogP contribution in [0.2, 0.25) is 10.0 Å². The number of fused-ring (bicyclic) bond motifs is 1. The van der Waals surface area contributed by atoms with Crippen LogP contribution in [0.25, 0.3) is 0 Å². The molecular formula is C20H14Cl2FN3OS. The third-order valence-electron chi connectivity index (χ3n) is 4.78. The lowest BCUT2D eigenvalue weighted by Crippen LogP contribution is -2.47. The summed E-state index contributed by atoms with van der Waals surface area (Å²) in [6.07, 6.45) is 0.169. The molecule has 0 aliphatic carbocycles. The first-order chi connectivity index (χ1) is 13.5. The molecule has 0 saturated carbocycles. The van der Waals surface area contributed by atoms with Gasteiger partial charge in [-0.25, -0.2) is 4.39 Å². The third-order valence-corrected chi connectivity index (χ3v) is 6.37. The molecule has 28 heavy (non-hydrogen) atoms. The highest BCUT2D eigenvalue weighted by Gasteiger charge is 2.38. The van der Waals surface area contributed by atoms with Crippen LogP contribution in [0.1, 0.15) is 17.9 Å². The number of halogens is 3. The van der Waals surface area contributed by atoms with E-state index in [9.17, 15) is 14.4 Å². The van der Waals surface area contributed by atoms with Gasteiger partial charge in [-0.05, 0) is 35.9 Å². The average Bonchev–Trinajstić information content (AvgIpc) is 2.67. The lowest BCUT2D eigenvalue weighted by molar-refractivity contribution is -0.129. The van der Waals surface area contributed by atoms with Crippen molar-refractivity contribution >= 4 is 46.6 Å². The zero-order valence-corrected chi connectivity index (χ0v) is 16.9. The fraction of sp³-hybridized carbons (Fsp3) is 0.200. The lowest BCUT2D eigenvalue weighted by Gasteiger charge is -2.42. The fourth-order valence-electron chi connectivity index (χ4n) is 3.43. The first-order valence-electron chi connectivity index (χ1n) is 8.50. The quantitative estimate of drug-likeness (QED) is 0.639. The number of nitrogens with zero attached hydrogens (tertiary/aromatic N) is 3. The van der Waals surface area contributed by atoms with Crippen LogP contribution in [0.5, 0.6) is 0 Å². The van der Waals surface area contributed by atoms with Crippen LogP contribution in [-0.2, 0) is 4.79 Å². The number of rotatable bonds is 2. The van der Waals surface area contributed by atoms with Crippen LogP contribution in [-0.4, -0.2) is 23.4 Å². The highest BCUT2D eigenvalue weighted by molar-refractivity contribution is 8.03. The Labute approximate surface area is 176 Å². The second-order valence-electron chi connectivity index (χ2n) is 6.54. The summed E-state index contributed by atoms with van der Waals surface area (Å²) in [6.45, 7) is 0.319. The van der Waals surface area contributed by atoms with Crippen molar-refractivity contribution in [3.8, 4) is 6.07 Å². The zero-order chi connectivity index (χ0) is 19.8. The van der Waals surface area contributed by atoms with Crippen molar-refractivity contribution in [3.63, 3.8) is 0 Å². The van der Waals surface area contributed by atoms with Crippen LogP contribution in [0.3, 0.4) is 0 Å². The number of benzene rings is 2. The molecule has 8 heteroatoms. The molecule has 2 aliphatic rings. The minimum Gasteiger partial charge on any atom is -0.344 e. The van der Waals surface area contributed by atoms with E-state index < -0.39 is 0 Å². The standard InChI is InChI=1S/C20H14Cl2FN3OS/c21-13-5-14(22)7-16(6-13)25-10-26-19(27)8-17(12-1-3-15(23)4-2-12)18(9-24)20(26)28-11-25/h1-7,17H,8,10-11H2/t17-/m0/s1. The SMILES string of the molecule is N#CC1=C2SCN(c3cc(Cl)cc(Cl)c3)CN2C(=O)C[C@H]1c1ccc(F)cc1. The van der Waals surface area contributed by atoms with Gasteiger partial charge in [0, 0.05) is 28.1 Å². The van der Waals surface area contributed by atoms with Gasteiger partial charge in [0.2, 0.25) is 5.91 Å². The van der Waals surface area contributed by atoms with E-state index in [1.54, 1.807) is 35.2 Å². The molecule has 4 rings (SSSR count). The minimum atomic E-state index is -0.357. The third kappa shape index (κ3) is 3.58. The van der Waals surface area contributed by atoms with Crippen molar-refractivity contribution in [2.24, 2.45) is 0 Å². The highest BCUT2D eigenvalue weighted by Crippen LogP contribution is 2.43. The second-order valence-corrected chi connectivity index (χ2v) is 8.35. The average molecular weight is 434 g/mol. The number of carbonyl (C=O) groups excluding carboxylic acids is 1. The summed E-state index contributed by atoms with van der Waals surface area (Å²) in [5.41, 5.74) is 2.12. The van der Waals surface area contributed by atoms with Gasteiger partial charge in [-0.1, -0.05) is 47.1 Å². The number of hydrogen-bond donors (Lipinski definition) is 0. The Hall–Kier alpha value is -2.20.